The van der Waals surface area contributed by atoms with Crippen molar-refractivity contribution in [1.29, 1.82) is 0 Å². The molecule has 0 radical (unpaired) electrons. The number of nitrogens with zero attached hydrogens (tertiary/aromatic N) is 3. The van der Waals surface area contributed by atoms with Crippen LogP contribution in [0.15, 0.2) is 36.7 Å². The van der Waals surface area contributed by atoms with Crippen LogP contribution in [0.25, 0.3) is 10.9 Å². The van der Waals surface area contributed by atoms with Gasteiger partial charge in [-0.3, -0.25) is 4.98 Å². The summed E-state index contributed by atoms with van der Waals surface area (Å²) >= 11 is 0. The second-order valence-corrected chi connectivity index (χ2v) is 6.86. The van der Waals surface area contributed by atoms with Crippen molar-refractivity contribution in [3.8, 4) is 0 Å². The van der Waals surface area contributed by atoms with Crippen molar-refractivity contribution in [1.82, 2.24) is 9.55 Å². The third-order valence-electron chi connectivity index (χ3n) is 5.44. The van der Waals surface area contributed by atoms with Crippen LogP contribution in [0.2, 0.25) is 0 Å². The van der Waals surface area contributed by atoms with Crippen molar-refractivity contribution in [2.45, 2.75) is 46.7 Å². The molecule has 0 spiro atoms. The topological polar surface area (TPSA) is 21.1 Å². The average Bonchev–Trinajstić information content (AvgIpc) is 2.87. The fourth-order valence-electron chi connectivity index (χ4n) is 4.00. The zero-order chi connectivity index (χ0) is 16.7. The predicted molar refractivity (Wildman–Crippen MR) is 101 cm³/mol. The van der Waals surface area contributed by atoms with Gasteiger partial charge in [0.25, 0.3) is 0 Å². The molecule has 0 bridgehead atoms. The van der Waals surface area contributed by atoms with Gasteiger partial charge < -0.3 is 9.47 Å². The molecule has 1 aromatic carbocycles. The second-order valence-electron chi connectivity index (χ2n) is 6.86. The zero-order valence-corrected chi connectivity index (χ0v) is 14.8. The monoisotopic (exact) mass is 319 g/mol. The van der Waals surface area contributed by atoms with Gasteiger partial charge in [-0.25, -0.2) is 0 Å². The van der Waals surface area contributed by atoms with E-state index in [9.17, 15) is 0 Å². The number of hydrogen-bond acceptors (Lipinski definition) is 2. The fourth-order valence-corrected chi connectivity index (χ4v) is 4.00. The molecule has 0 fully saturated rings. The Morgan fingerprint density at radius 1 is 1.08 bits per heavy atom. The average molecular weight is 319 g/mol. The first-order valence-corrected chi connectivity index (χ1v) is 8.95. The van der Waals surface area contributed by atoms with E-state index in [-0.39, 0.29) is 0 Å². The van der Waals surface area contributed by atoms with Crippen LogP contribution in [-0.2, 0) is 19.5 Å². The molecule has 3 aromatic rings. The van der Waals surface area contributed by atoms with Crippen LogP contribution in [0, 0.1) is 13.8 Å². The molecular formula is C21H25N3. The van der Waals surface area contributed by atoms with Crippen LogP contribution in [0.4, 0.5) is 5.69 Å². The highest BCUT2D eigenvalue weighted by atomic mass is 15.2. The highest BCUT2D eigenvalue weighted by Gasteiger charge is 2.21. The van der Waals surface area contributed by atoms with E-state index in [4.69, 9.17) is 0 Å². The van der Waals surface area contributed by atoms with E-state index < -0.39 is 0 Å². The molecule has 3 heteroatoms. The molecule has 0 atom stereocenters. The molecule has 24 heavy (non-hydrogen) atoms. The van der Waals surface area contributed by atoms with Gasteiger partial charge in [0.05, 0.1) is 17.4 Å². The number of benzene rings is 1. The van der Waals surface area contributed by atoms with Gasteiger partial charge in [-0.2, -0.15) is 0 Å². The van der Waals surface area contributed by atoms with Crippen LogP contribution in [0.1, 0.15) is 35.7 Å². The summed E-state index contributed by atoms with van der Waals surface area (Å²) in [5, 5.41) is 1.30. The molecule has 0 unspecified atom stereocenters. The molecule has 4 rings (SSSR count). The minimum atomic E-state index is 0.979. The van der Waals surface area contributed by atoms with Crippen molar-refractivity contribution in [3.05, 3.63) is 59.0 Å². The first-order valence-electron chi connectivity index (χ1n) is 8.95. The van der Waals surface area contributed by atoms with Crippen molar-refractivity contribution in [2.75, 3.05) is 11.4 Å². The third-order valence-corrected chi connectivity index (χ3v) is 5.44. The van der Waals surface area contributed by atoms with Crippen LogP contribution >= 0.6 is 0 Å². The smallest absolute Gasteiger partial charge is 0.0803 e. The zero-order valence-electron chi connectivity index (χ0n) is 14.8. The van der Waals surface area contributed by atoms with E-state index in [1.54, 1.807) is 0 Å². The Balaban J connectivity index is 1.84. The number of aryl methyl sites for hydroxylation is 2. The van der Waals surface area contributed by atoms with Gasteiger partial charge in [-0.05, 0) is 43.4 Å². The largest absolute Gasteiger partial charge is 0.364 e. The van der Waals surface area contributed by atoms with Crippen LogP contribution in [0.5, 0.6) is 0 Å². The molecule has 1 aliphatic heterocycles. The third kappa shape index (κ3) is 2.31. The molecule has 124 valence electrons. The van der Waals surface area contributed by atoms with Gasteiger partial charge in [0.2, 0.25) is 0 Å². The lowest BCUT2D eigenvalue weighted by Crippen LogP contribution is -2.30. The molecule has 0 aliphatic carbocycles. The maximum atomic E-state index is 4.56. The molecular weight excluding hydrogens is 294 g/mol. The highest BCUT2D eigenvalue weighted by molar-refractivity contribution is 5.94. The Bertz CT molecular complexity index is 891. The van der Waals surface area contributed by atoms with E-state index in [2.05, 4.69) is 65.7 Å². The van der Waals surface area contributed by atoms with Gasteiger partial charge in [-0.1, -0.05) is 31.2 Å². The maximum absolute atomic E-state index is 4.56. The summed E-state index contributed by atoms with van der Waals surface area (Å²) in [7, 11) is 0. The lowest BCUT2D eigenvalue weighted by molar-refractivity contribution is 0.678. The van der Waals surface area contributed by atoms with E-state index in [1.807, 2.05) is 6.20 Å². The maximum Gasteiger partial charge on any atom is 0.0803 e. The van der Waals surface area contributed by atoms with E-state index >= 15 is 0 Å². The lowest BCUT2D eigenvalue weighted by Gasteiger charge is -2.31. The Morgan fingerprint density at radius 3 is 2.67 bits per heavy atom. The summed E-state index contributed by atoms with van der Waals surface area (Å²) in [5.74, 6) is 0. The summed E-state index contributed by atoms with van der Waals surface area (Å²) in [4.78, 5) is 7.07. The first kappa shape index (κ1) is 15.3. The SMILES string of the molecule is CCCn1c(C)c(C)c2cncc(N3CCc4ccccc4C3)c21. The highest BCUT2D eigenvalue weighted by Crippen LogP contribution is 2.34. The molecule has 1 aliphatic rings. The van der Waals surface area contributed by atoms with Crippen molar-refractivity contribution >= 4 is 16.6 Å². The van der Waals surface area contributed by atoms with Crippen molar-refractivity contribution in [3.63, 3.8) is 0 Å². The fraction of sp³-hybridized carbons (Fsp3) is 0.381. The summed E-state index contributed by atoms with van der Waals surface area (Å²) in [6.07, 6.45) is 6.35. The van der Waals surface area contributed by atoms with Gasteiger partial charge in [0.15, 0.2) is 0 Å². The van der Waals surface area contributed by atoms with Gasteiger partial charge in [-0.15, -0.1) is 0 Å². The number of hydrogen-bond donors (Lipinski definition) is 0. The second kappa shape index (κ2) is 5.97. The van der Waals surface area contributed by atoms with Crippen molar-refractivity contribution in [2.24, 2.45) is 0 Å². The van der Waals surface area contributed by atoms with Crippen LogP contribution in [-0.4, -0.2) is 16.1 Å². The minimum Gasteiger partial charge on any atom is -0.364 e. The molecule has 0 saturated carbocycles. The molecule has 3 nitrogen and oxygen atoms in total. The van der Waals surface area contributed by atoms with Crippen molar-refractivity contribution < 1.29 is 0 Å². The number of anilines is 1. The normalized spacial score (nSPS) is 14.2. The number of fused-ring (bicyclic) bond motifs is 2. The number of pyridine rings is 1. The summed E-state index contributed by atoms with van der Waals surface area (Å²) in [6.45, 7) is 9.82. The van der Waals surface area contributed by atoms with E-state index in [0.717, 1.165) is 32.5 Å². The Morgan fingerprint density at radius 2 is 1.88 bits per heavy atom. The minimum absolute atomic E-state index is 0.979. The number of aromatic nitrogens is 2. The van der Waals surface area contributed by atoms with Gasteiger partial charge in [0, 0.05) is 36.9 Å². The Labute approximate surface area is 143 Å². The summed E-state index contributed by atoms with van der Waals surface area (Å²) < 4.78 is 2.49. The first-order chi connectivity index (χ1) is 11.7. The van der Waals surface area contributed by atoms with Crippen LogP contribution in [0.3, 0.4) is 0 Å². The summed E-state index contributed by atoms with van der Waals surface area (Å²) in [5.41, 5.74) is 8.32. The molecule has 2 aromatic heterocycles. The Hall–Kier alpha value is -2.29. The standard InChI is InChI=1S/C21H25N3/c1-4-10-24-16(3)15(2)19-12-22-13-20(21(19)24)23-11-9-17-7-5-6-8-18(17)14-23/h5-8,12-13H,4,9-11,14H2,1-3H3. The molecule has 0 amide bonds. The Kier molecular flexibility index (Phi) is 3.79. The molecule has 0 saturated heterocycles. The molecule has 3 heterocycles. The lowest BCUT2D eigenvalue weighted by atomic mass is 9.99. The summed E-state index contributed by atoms with van der Waals surface area (Å²) in [6, 6.07) is 8.82. The van der Waals surface area contributed by atoms with E-state index in [1.165, 1.54) is 39.0 Å². The van der Waals surface area contributed by atoms with Gasteiger partial charge >= 0.3 is 0 Å². The molecule has 0 N–H and O–H groups in total. The van der Waals surface area contributed by atoms with Crippen LogP contribution < -0.4 is 4.90 Å². The predicted octanol–water partition coefficient (Wildman–Crippen LogP) is 4.63. The quantitative estimate of drug-likeness (QED) is 0.702. The number of rotatable bonds is 3. The van der Waals surface area contributed by atoms with Gasteiger partial charge in [0.1, 0.15) is 0 Å². The van der Waals surface area contributed by atoms with E-state index in [0.29, 0.717) is 0 Å².